The van der Waals surface area contributed by atoms with Crippen LogP contribution in [-0.2, 0) is 0 Å². The van der Waals surface area contributed by atoms with Crippen LogP contribution >= 0.6 is 31.9 Å². The summed E-state index contributed by atoms with van der Waals surface area (Å²) in [5.41, 5.74) is 4.98. The molecule has 2 aromatic heterocycles. The number of benzene rings is 2. The molecule has 0 amide bonds. The molecule has 0 radical (unpaired) electrons. The minimum Gasteiger partial charge on any atom is -0.361 e. The number of H-pyrrole nitrogens is 2. The number of aromatic nitrogens is 2. The Morgan fingerprint density at radius 2 is 1.23 bits per heavy atom. The summed E-state index contributed by atoms with van der Waals surface area (Å²) in [7, 11) is 0. The first-order valence-electron chi connectivity index (χ1n) is 7.16. The highest BCUT2D eigenvalue weighted by atomic mass is 79.9. The van der Waals surface area contributed by atoms with Gasteiger partial charge in [-0.05, 0) is 47.5 Å². The smallest absolute Gasteiger partial charge is 0.0457 e. The first-order valence-corrected chi connectivity index (χ1v) is 8.75. The highest BCUT2D eigenvalue weighted by Gasteiger charge is 2.17. The largest absolute Gasteiger partial charge is 0.361 e. The second-order valence-corrected chi connectivity index (χ2v) is 7.42. The maximum Gasteiger partial charge on any atom is 0.0457 e. The molecule has 0 aliphatic heterocycles. The molecule has 0 aliphatic rings. The van der Waals surface area contributed by atoms with Gasteiger partial charge in [-0.15, -0.1) is 0 Å². The Bertz CT molecular complexity index is 901. The van der Waals surface area contributed by atoms with E-state index >= 15 is 0 Å². The molecular formula is C18H14Br2N2. The van der Waals surface area contributed by atoms with Crippen molar-refractivity contribution in [3.63, 3.8) is 0 Å². The van der Waals surface area contributed by atoms with Crippen LogP contribution in [0, 0.1) is 0 Å². The van der Waals surface area contributed by atoms with Gasteiger partial charge in [-0.2, -0.15) is 0 Å². The molecule has 0 unspecified atom stereocenters. The zero-order valence-electron chi connectivity index (χ0n) is 12.0. The zero-order chi connectivity index (χ0) is 15.3. The van der Waals surface area contributed by atoms with Crippen LogP contribution in [0.5, 0.6) is 0 Å². The molecule has 0 atom stereocenters. The molecule has 2 nitrogen and oxygen atoms in total. The minimum atomic E-state index is 0.311. The van der Waals surface area contributed by atoms with Crippen molar-refractivity contribution >= 4 is 53.7 Å². The number of halogens is 2. The molecule has 22 heavy (non-hydrogen) atoms. The first-order chi connectivity index (χ1) is 10.6. The second kappa shape index (κ2) is 5.28. The van der Waals surface area contributed by atoms with E-state index in [9.17, 15) is 0 Å². The molecule has 2 aromatic carbocycles. The molecule has 110 valence electrons. The van der Waals surface area contributed by atoms with Crippen molar-refractivity contribution in [2.45, 2.75) is 12.8 Å². The lowest BCUT2D eigenvalue weighted by Crippen LogP contribution is -1.93. The van der Waals surface area contributed by atoms with E-state index in [2.05, 4.69) is 97.5 Å². The molecule has 4 rings (SSSR count). The van der Waals surface area contributed by atoms with E-state index in [0.717, 1.165) is 8.95 Å². The second-order valence-electron chi connectivity index (χ2n) is 5.59. The Morgan fingerprint density at radius 1 is 0.773 bits per heavy atom. The fourth-order valence-electron chi connectivity index (χ4n) is 3.11. The predicted molar refractivity (Wildman–Crippen MR) is 99.5 cm³/mol. The van der Waals surface area contributed by atoms with Crippen LogP contribution in [0.25, 0.3) is 21.8 Å². The Kier molecular flexibility index (Phi) is 3.39. The third-order valence-electron chi connectivity index (χ3n) is 4.28. The molecule has 2 N–H and O–H groups in total. The van der Waals surface area contributed by atoms with Gasteiger partial charge < -0.3 is 9.97 Å². The lowest BCUT2D eigenvalue weighted by Gasteiger charge is -2.10. The number of hydrogen-bond acceptors (Lipinski definition) is 0. The van der Waals surface area contributed by atoms with E-state index in [4.69, 9.17) is 0 Å². The van der Waals surface area contributed by atoms with Crippen molar-refractivity contribution in [1.29, 1.82) is 0 Å². The van der Waals surface area contributed by atoms with Crippen LogP contribution in [0.3, 0.4) is 0 Å². The summed E-state index contributed by atoms with van der Waals surface area (Å²) in [6.07, 6.45) is 4.25. The maximum absolute atomic E-state index is 3.57. The maximum atomic E-state index is 3.57. The number of aromatic amines is 2. The molecule has 4 heteroatoms. The topological polar surface area (TPSA) is 31.6 Å². The summed E-state index contributed by atoms with van der Waals surface area (Å²) in [5.74, 6) is 0.311. The molecule has 0 fully saturated rings. The van der Waals surface area contributed by atoms with Crippen LogP contribution in [0.15, 0.2) is 57.7 Å². The summed E-state index contributed by atoms with van der Waals surface area (Å²) in [5, 5.41) is 2.54. The van der Waals surface area contributed by atoms with E-state index in [-0.39, 0.29) is 0 Å². The van der Waals surface area contributed by atoms with Gasteiger partial charge in [0.25, 0.3) is 0 Å². The lowest BCUT2D eigenvalue weighted by molar-refractivity contribution is 0.942. The predicted octanol–water partition coefficient (Wildman–Crippen LogP) is 6.33. The van der Waals surface area contributed by atoms with Crippen molar-refractivity contribution in [2.24, 2.45) is 0 Å². The third kappa shape index (κ3) is 2.22. The number of rotatable bonds is 2. The summed E-state index contributed by atoms with van der Waals surface area (Å²) < 4.78 is 2.21. The summed E-state index contributed by atoms with van der Waals surface area (Å²) in [6.45, 7) is 2.26. The quantitative estimate of drug-likeness (QED) is 0.382. The number of nitrogens with one attached hydrogen (secondary N) is 2. The molecule has 4 aromatic rings. The van der Waals surface area contributed by atoms with Crippen LogP contribution in [0.2, 0.25) is 0 Å². The van der Waals surface area contributed by atoms with Gasteiger partial charge in [0.15, 0.2) is 0 Å². The summed E-state index contributed by atoms with van der Waals surface area (Å²) in [4.78, 5) is 6.75. The molecule has 0 saturated heterocycles. The minimum absolute atomic E-state index is 0.311. The summed E-state index contributed by atoms with van der Waals surface area (Å²) in [6, 6.07) is 12.7. The van der Waals surface area contributed by atoms with Gasteiger partial charge in [-0.25, -0.2) is 0 Å². The van der Waals surface area contributed by atoms with Crippen LogP contribution in [0.1, 0.15) is 24.0 Å². The van der Waals surface area contributed by atoms with Gasteiger partial charge >= 0.3 is 0 Å². The average Bonchev–Trinajstić information content (AvgIpc) is 3.09. The highest BCUT2D eigenvalue weighted by molar-refractivity contribution is 9.10. The monoisotopic (exact) mass is 416 g/mol. The fraction of sp³-hybridized carbons (Fsp3) is 0.111. The Hall–Kier alpha value is -1.52. The molecule has 0 spiro atoms. The standard InChI is InChI=1S/C18H14Br2N2/c1-10(15-8-21-17-4-2-11(19)6-13(15)17)16-9-22-18-5-3-12(20)7-14(16)18/h2-10,21-22H,1H3. The van der Waals surface area contributed by atoms with Crippen molar-refractivity contribution in [2.75, 3.05) is 0 Å². The van der Waals surface area contributed by atoms with Gasteiger partial charge in [0.1, 0.15) is 0 Å². The molecule has 0 bridgehead atoms. The van der Waals surface area contributed by atoms with E-state index < -0.39 is 0 Å². The SMILES string of the molecule is CC(c1c[nH]c2ccc(Br)cc12)c1c[nH]c2ccc(Br)cc12. The van der Waals surface area contributed by atoms with Gasteiger partial charge in [0, 0.05) is 49.1 Å². The van der Waals surface area contributed by atoms with Crippen molar-refractivity contribution < 1.29 is 0 Å². The average molecular weight is 418 g/mol. The van der Waals surface area contributed by atoms with E-state index in [0.29, 0.717) is 5.92 Å². The van der Waals surface area contributed by atoms with Crippen molar-refractivity contribution in [1.82, 2.24) is 9.97 Å². The molecule has 2 heterocycles. The first kappa shape index (κ1) is 14.1. The summed E-state index contributed by atoms with van der Waals surface area (Å²) >= 11 is 7.14. The Balaban J connectivity index is 1.90. The Labute approximate surface area is 145 Å². The zero-order valence-corrected chi connectivity index (χ0v) is 15.1. The highest BCUT2D eigenvalue weighted by Crippen LogP contribution is 2.36. The van der Waals surface area contributed by atoms with Crippen LogP contribution < -0.4 is 0 Å². The normalized spacial score (nSPS) is 11.8. The van der Waals surface area contributed by atoms with Crippen LogP contribution in [0.4, 0.5) is 0 Å². The number of fused-ring (bicyclic) bond motifs is 2. The van der Waals surface area contributed by atoms with Gasteiger partial charge in [-0.3, -0.25) is 0 Å². The van der Waals surface area contributed by atoms with Gasteiger partial charge in [0.05, 0.1) is 0 Å². The van der Waals surface area contributed by atoms with E-state index in [1.165, 1.54) is 32.9 Å². The van der Waals surface area contributed by atoms with Crippen molar-refractivity contribution in [3.05, 3.63) is 68.9 Å². The van der Waals surface area contributed by atoms with Crippen molar-refractivity contribution in [3.8, 4) is 0 Å². The fourth-order valence-corrected chi connectivity index (χ4v) is 3.84. The molecule has 0 aliphatic carbocycles. The third-order valence-corrected chi connectivity index (χ3v) is 5.27. The van der Waals surface area contributed by atoms with Gasteiger partial charge in [-0.1, -0.05) is 38.8 Å². The number of hydrogen-bond donors (Lipinski definition) is 2. The molecular weight excluding hydrogens is 404 g/mol. The van der Waals surface area contributed by atoms with Crippen LogP contribution in [-0.4, -0.2) is 9.97 Å². The van der Waals surface area contributed by atoms with Gasteiger partial charge in [0.2, 0.25) is 0 Å². The lowest BCUT2D eigenvalue weighted by atomic mass is 9.92. The Morgan fingerprint density at radius 3 is 1.68 bits per heavy atom. The molecule has 0 saturated carbocycles. The van der Waals surface area contributed by atoms with E-state index in [1.807, 2.05) is 0 Å². The van der Waals surface area contributed by atoms with E-state index in [1.54, 1.807) is 0 Å².